The van der Waals surface area contributed by atoms with Crippen LogP contribution in [0.25, 0.3) is 0 Å². The second-order valence-electron chi connectivity index (χ2n) is 8.78. The van der Waals surface area contributed by atoms with Crippen LogP contribution in [0.2, 0.25) is 5.02 Å². The zero-order chi connectivity index (χ0) is 25.2. The Morgan fingerprint density at radius 2 is 1.69 bits per heavy atom. The quantitative estimate of drug-likeness (QED) is 0.380. The second kappa shape index (κ2) is 13.0. The summed E-state index contributed by atoms with van der Waals surface area (Å²) >= 11 is 6.06. The molecule has 6 heteroatoms. The molecule has 0 unspecified atom stereocenters. The first-order chi connectivity index (χ1) is 16.9. The van der Waals surface area contributed by atoms with Gasteiger partial charge in [-0.3, -0.25) is 9.59 Å². The van der Waals surface area contributed by atoms with Gasteiger partial charge in [-0.15, -0.1) is 0 Å². The number of carbonyl (C=O) groups excluding carboxylic acids is 2. The summed E-state index contributed by atoms with van der Waals surface area (Å²) in [6, 6.07) is 24.0. The highest BCUT2D eigenvalue weighted by atomic mass is 35.5. The van der Waals surface area contributed by atoms with Crippen LogP contribution in [0, 0.1) is 6.92 Å². The van der Waals surface area contributed by atoms with Gasteiger partial charge in [-0.25, -0.2) is 0 Å². The van der Waals surface area contributed by atoms with Gasteiger partial charge in [-0.2, -0.15) is 0 Å². The molecule has 0 saturated carbocycles. The number of hydrogen-bond acceptors (Lipinski definition) is 3. The van der Waals surface area contributed by atoms with Crippen molar-refractivity contribution in [3.05, 3.63) is 101 Å². The van der Waals surface area contributed by atoms with E-state index in [0.29, 0.717) is 23.7 Å². The van der Waals surface area contributed by atoms with E-state index in [9.17, 15) is 9.59 Å². The topological polar surface area (TPSA) is 58.6 Å². The summed E-state index contributed by atoms with van der Waals surface area (Å²) in [5.41, 5.74) is 3.03. The largest absolute Gasteiger partial charge is 0.484 e. The van der Waals surface area contributed by atoms with Crippen molar-refractivity contribution in [3.8, 4) is 5.75 Å². The van der Waals surface area contributed by atoms with E-state index >= 15 is 0 Å². The van der Waals surface area contributed by atoms with Crippen LogP contribution in [0.15, 0.2) is 78.9 Å². The summed E-state index contributed by atoms with van der Waals surface area (Å²) < 4.78 is 5.77. The summed E-state index contributed by atoms with van der Waals surface area (Å²) in [6.45, 7) is 6.09. The molecule has 0 saturated heterocycles. The van der Waals surface area contributed by atoms with Gasteiger partial charge in [0.15, 0.2) is 6.61 Å². The minimum Gasteiger partial charge on any atom is -0.484 e. The lowest BCUT2D eigenvalue weighted by molar-refractivity contribution is -0.143. The van der Waals surface area contributed by atoms with Crippen LogP contribution in [0.5, 0.6) is 5.75 Å². The number of amides is 2. The van der Waals surface area contributed by atoms with Crippen molar-refractivity contribution in [2.75, 3.05) is 6.61 Å². The fourth-order valence-corrected chi connectivity index (χ4v) is 3.97. The Morgan fingerprint density at radius 1 is 0.971 bits per heavy atom. The van der Waals surface area contributed by atoms with Crippen molar-refractivity contribution in [3.63, 3.8) is 0 Å². The maximum absolute atomic E-state index is 13.6. The van der Waals surface area contributed by atoms with Gasteiger partial charge in [0.25, 0.3) is 5.91 Å². The van der Waals surface area contributed by atoms with Gasteiger partial charge in [-0.05, 0) is 49.6 Å². The maximum atomic E-state index is 13.6. The SMILES string of the molecule is CC[C@H](C)NC(=O)[C@H](Cc1ccccc1)N(Cc1cccc(C)c1)C(=O)COc1cccc(Cl)c1. The Kier molecular flexibility index (Phi) is 9.74. The smallest absolute Gasteiger partial charge is 0.261 e. The normalized spacial score (nSPS) is 12.5. The van der Waals surface area contributed by atoms with E-state index in [1.165, 1.54) is 0 Å². The van der Waals surface area contributed by atoms with Gasteiger partial charge in [-0.1, -0.05) is 84.8 Å². The minimum absolute atomic E-state index is 0.000550. The van der Waals surface area contributed by atoms with Gasteiger partial charge in [0.1, 0.15) is 11.8 Å². The third kappa shape index (κ3) is 8.15. The number of nitrogens with zero attached hydrogens (tertiary/aromatic N) is 1. The molecule has 0 aliphatic rings. The summed E-state index contributed by atoms with van der Waals surface area (Å²) in [6.07, 6.45) is 1.20. The van der Waals surface area contributed by atoms with E-state index in [4.69, 9.17) is 16.3 Å². The van der Waals surface area contributed by atoms with Crippen molar-refractivity contribution in [2.24, 2.45) is 0 Å². The van der Waals surface area contributed by atoms with Crippen LogP contribution < -0.4 is 10.1 Å². The molecule has 1 N–H and O–H groups in total. The molecule has 5 nitrogen and oxygen atoms in total. The number of benzene rings is 3. The third-order valence-electron chi connectivity index (χ3n) is 5.87. The molecule has 3 aromatic carbocycles. The maximum Gasteiger partial charge on any atom is 0.261 e. The molecule has 0 aliphatic carbocycles. The monoisotopic (exact) mass is 492 g/mol. The Balaban J connectivity index is 1.91. The molecule has 0 fully saturated rings. The molecule has 0 bridgehead atoms. The zero-order valence-corrected chi connectivity index (χ0v) is 21.3. The van der Waals surface area contributed by atoms with E-state index in [-0.39, 0.29) is 24.5 Å². The highest BCUT2D eigenvalue weighted by molar-refractivity contribution is 6.30. The van der Waals surface area contributed by atoms with E-state index in [0.717, 1.165) is 23.1 Å². The first-order valence-electron chi connectivity index (χ1n) is 11.9. The summed E-state index contributed by atoms with van der Waals surface area (Å²) in [7, 11) is 0. The number of aryl methyl sites for hydroxylation is 1. The number of hydrogen-bond donors (Lipinski definition) is 1. The predicted molar refractivity (Wildman–Crippen MR) is 141 cm³/mol. The molecular formula is C29H33ClN2O3. The molecule has 0 heterocycles. The van der Waals surface area contributed by atoms with Gasteiger partial charge in [0.2, 0.25) is 5.91 Å². The first-order valence-corrected chi connectivity index (χ1v) is 12.3. The Labute approximate surface area is 213 Å². The first kappa shape index (κ1) is 26.3. The molecule has 3 aromatic rings. The number of ether oxygens (including phenoxy) is 1. The summed E-state index contributed by atoms with van der Waals surface area (Å²) in [4.78, 5) is 28.7. The van der Waals surface area contributed by atoms with Crippen molar-refractivity contribution >= 4 is 23.4 Å². The van der Waals surface area contributed by atoms with Crippen molar-refractivity contribution in [2.45, 2.75) is 52.2 Å². The molecule has 2 atom stereocenters. The van der Waals surface area contributed by atoms with Crippen molar-refractivity contribution in [1.82, 2.24) is 10.2 Å². The van der Waals surface area contributed by atoms with Crippen LogP contribution in [0.1, 0.15) is 37.0 Å². The number of halogens is 1. The highest BCUT2D eigenvalue weighted by Gasteiger charge is 2.31. The Morgan fingerprint density at radius 3 is 2.37 bits per heavy atom. The average molecular weight is 493 g/mol. The molecule has 0 radical (unpaired) electrons. The second-order valence-corrected chi connectivity index (χ2v) is 9.22. The van der Waals surface area contributed by atoms with Crippen LogP contribution >= 0.6 is 11.6 Å². The Hall–Kier alpha value is -3.31. The predicted octanol–water partition coefficient (Wildman–Crippen LogP) is 5.58. The van der Waals surface area contributed by atoms with E-state index in [1.54, 1.807) is 29.2 Å². The van der Waals surface area contributed by atoms with Gasteiger partial charge >= 0.3 is 0 Å². The van der Waals surface area contributed by atoms with Crippen molar-refractivity contribution < 1.29 is 14.3 Å². The molecule has 2 amide bonds. The van der Waals surface area contributed by atoms with Crippen LogP contribution in [-0.2, 0) is 22.6 Å². The molecule has 0 aliphatic heterocycles. The third-order valence-corrected chi connectivity index (χ3v) is 6.10. The minimum atomic E-state index is -0.692. The lowest BCUT2D eigenvalue weighted by atomic mass is 10.0. The lowest BCUT2D eigenvalue weighted by Gasteiger charge is -2.32. The van der Waals surface area contributed by atoms with Crippen LogP contribution in [0.3, 0.4) is 0 Å². The van der Waals surface area contributed by atoms with E-state index in [1.807, 2.05) is 75.4 Å². The summed E-state index contributed by atoms with van der Waals surface area (Å²) in [5.74, 6) is 0.0590. The van der Waals surface area contributed by atoms with E-state index < -0.39 is 6.04 Å². The molecule has 0 aromatic heterocycles. The molecule has 3 rings (SSSR count). The molecule has 0 spiro atoms. The van der Waals surface area contributed by atoms with Crippen molar-refractivity contribution in [1.29, 1.82) is 0 Å². The molecule has 184 valence electrons. The average Bonchev–Trinajstić information content (AvgIpc) is 2.85. The van der Waals surface area contributed by atoms with E-state index in [2.05, 4.69) is 5.32 Å². The fourth-order valence-electron chi connectivity index (χ4n) is 3.79. The van der Waals surface area contributed by atoms with Gasteiger partial charge in [0, 0.05) is 24.0 Å². The number of carbonyl (C=O) groups is 2. The zero-order valence-electron chi connectivity index (χ0n) is 20.5. The fraction of sp³-hybridized carbons (Fsp3) is 0.310. The summed E-state index contributed by atoms with van der Waals surface area (Å²) in [5, 5.41) is 3.60. The Bertz CT molecular complexity index is 1120. The van der Waals surface area contributed by atoms with Crippen LogP contribution in [-0.4, -0.2) is 35.4 Å². The molecule has 35 heavy (non-hydrogen) atoms. The van der Waals surface area contributed by atoms with Gasteiger partial charge < -0.3 is 15.0 Å². The number of nitrogens with one attached hydrogen (secondary N) is 1. The lowest BCUT2D eigenvalue weighted by Crippen LogP contribution is -2.53. The van der Waals surface area contributed by atoms with Gasteiger partial charge in [0.05, 0.1) is 0 Å². The number of rotatable bonds is 11. The highest BCUT2D eigenvalue weighted by Crippen LogP contribution is 2.19. The van der Waals surface area contributed by atoms with Crippen LogP contribution in [0.4, 0.5) is 0 Å². The standard InChI is InChI=1S/C29H33ClN2O3/c1-4-22(3)31-29(34)27(17-23-11-6-5-7-12-23)32(19-24-13-8-10-21(2)16-24)28(33)20-35-26-15-9-14-25(30)18-26/h5-16,18,22,27H,4,17,19-20H2,1-3H3,(H,31,34)/t22-,27-/m0/s1. The molecular weight excluding hydrogens is 460 g/mol.